The number of aliphatic imine (C=N–C) groups is 3. The maximum Gasteiger partial charge on any atom is 0.407 e. The Balaban J connectivity index is 4.74. The molecule has 0 unspecified atom stereocenters. The first-order valence-corrected chi connectivity index (χ1v) is 16.0. The number of hydrogen-bond donors (Lipinski definition) is 2. The van der Waals surface area contributed by atoms with Crippen molar-refractivity contribution in [1.29, 1.82) is 0 Å². The molecule has 254 valence electrons. The normalized spacial score (nSPS) is 11.5. The number of rotatable bonds is 29. The van der Waals surface area contributed by atoms with Crippen molar-refractivity contribution in [2.75, 3.05) is 52.5 Å². The van der Waals surface area contributed by atoms with Gasteiger partial charge in [0.2, 0.25) is 18.2 Å². The Morgan fingerprint density at radius 1 is 0.556 bits per heavy atom. The molecule has 0 aromatic heterocycles. The van der Waals surface area contributed by atoms with E-state index >= 15 is 0 Å². The molecule has 0 saturated heterocycles. The molecule has 45 heavy (non-hydrogen) atoms. The Labute approximate surface area is 266 Å². The van der Waals surface area contributed by atoms with Crippen molar-refractivity contribution < 1.29 is 43.0 Å². The van der Waals surface area contributed by atoms with Gasteiger partial charge in [-0.25, -0.2) is 38.9 Å². The van der Waals surface area contributed by atoms with Gasteiger partial charge < -0.3 is 24.8 Å². The highest BCUT2D eigenvalue weighted by Gasteiger charge is 2.34. The monoisotopic (exact) mass is 637 g/mol. The van der Waals surface area contributed by atoms with Gasteiger partial charge in [-0.05, 0) is 44.9 Å². The largest absolute Gasteiger partial charge is 0.465 e. The van der Waals surface area contributed by atoms with E-state index in [1.807, 2.05) is 6.92 Å². The number of esters is 1. The number of hydrogen-bond acceptors (Lipinski definition) is 12. The van der Waals surface area contributed by atoms with Crippen LogP contribution in [0.1, 0.15) is 103 Å². The maximum absolute atomic E-state index is 12.5. The molecular formula is C31H51N5O9. The number of isocyanates is 3. The zero-order chi connectivity index (χ0) is 33.3. The average molecular weight is 638 g/mol. The van der Waals surface area contributed by atoms with Gasteiger partial charge in [0.05, 0.1) is 25.0 Å². The molecule has 0 aromatic rings. The van der Waals surface area contributed by atoms with Gasteiger partial charge in [-0.2, -0.15) is 0 Å². The molecule has 0 aliphatic rings. The van der Waals surface area contributed by atoms with E-state index in [0.29, 0.717) is 45.6 Å². The molecule has 0 fully saturated rings. The molecule has 0 rings (SSSR count). The third kappa shape index (κ3) is 26.3. The Morgan fingerprint density at radius 3 is 1.36 bits per heavy atom. The van der Waals surface area contributed by atoms with E-state index in [9.17, 15) is 28.8 Å². The second-order valence-electron chi connectivity index (χ2n) is 10.8. The summed E-state index contributed by atoms with van der Waals surface area (Å²) in [6, 6.07) is 0. The zero-order valence-corrected chi connectivity index (χ0v) is 26.8. The van der Waals surface area contributed by atoms with Crippen LogP contribution in [0, 0.1) is 5.41 Å². The summed E-state index contributed by atoms with van der Waals surface area (Å²) in [4.78, 5) is 78.0. The van der Waals surface area contributed by atoms with Crippen LogP contribution in [0.5, 0.6) is 0 Å². The molecule has 0 saturated carbocycles. The predicted molar refractivity (Wildman–Crippen MR) is 166 cm³/mol. The molecule has 14 heteroatoms. The molecular weight excluding hydrogens is 586 g/mol. The van der Waals surface area contributed by atoms with E-state index in [2.05, 4.69) is 25.6 Å². The number of unbranched alkanes of at least 4 members (excludes halogenated alkanes) is 10. The number of carbonyl (C=O) groups is 3. The smallest absolute Gasteiger partial charge is 0.407 e. The third-order valence-electron chi connectivity index (χ3n) is 7.08. The fraction of sp³-hybridized carbons (Fsp3) is 0.806. The predicted octanol–water partition coefficient (Wildman–Crippen LogP) is 4.85. The Kier molecular flexibility index (Phi) is 27.6. The lowest BCUT2D eigenvalue weighted by molar-refractivity contribution is -0.150. The van der Waals surface area contributed by atoms with Crippen LogP contribution < -0.4 is 10.6 Å². The van der Waals surface area contributed by atoms with E-state index in [1.165, 1.54) is 18.2 Å². The lowest BCUT2D eigenvalue weighted by Crippen LogP contribution is -2.41. The minimum absolute atomic E-state index is 0.0842. The van der Waals surface area contributed by atoms with Crippen LogP contribution in [-0.2, 0) is 33.4 Å². The highest BCUT2D eigenvalue weighted by molar-refractivity contribution is 5.69. The summed E-state index contributed by atoms with van der Waals surface area (Å²) in [5.74, 6) is -0.384. The van der Waals surface area contributed by atoms with Crippen LogP contribution in [0.2, 0.25) is 0 Å². The van der Waals surface area contributed by atoms with E-state index in [0.717, 1.165) is 77.0 Å². The first-order chi connectivity index (χ1) is 21.9. The SMILES string of the molecule is CCC(COC(=O)CCCCCCCN=C=O)(COC(=O)NCCCCCCN=C=O)COC(=O)NCCCCCCN=C=O. The third-order valence-corrected chi connectivity index (χ3v) is 7.08. The van der Waals surface area contributed by atoms with Crippen LogP contribution in [0.15, 0.2) is 15.0 Å². The molecule has 0 bridgehead atoms. The van der Waals surface area contributed by atoms with Crippen molar-refractivity contribution >= 4 is 36.4 Å². The van der Waals surface area contributed by atoms with Gasteiger partial charge in [-0.3, -0.25) is 4.79 Å². The number of amides is 2. The van der Waals surface area contributed by atoms with Crippen molar-refractivity contribution in [2.45, 2.75) is 103 Å². The zero-order valence-electron chi connectivity index (χ0n) is 26.8. The summed E-state index contributed by atoms with van der Waals surface area (Å²) in [6.07, 6.45) is 14.5. The second kappa shape index (κ2) is 30.2. The van der Waals surface area contributed by atoms with Crippen molar-refractivity contribution in [2.24, 2.45) is 20.4 Å². The van der Waals surface area contributed by atoms with Crippen LogP contribution in [0.4, 0.5) is 9.59 Å². The second-order valence-corrected chi connectivity index (χ2v) is 10.8. The lowest BCUT2D eigenvalue weighted by atomic mass is 9.88. The van der Waals surface area contributed by atoms with Gasteiger partial charge in [0.15, 0.2) is 0 Å². The first kappa shape index (κ1) is 41.1. The standard InChI is InChI=1S/C31H51N5O9/c1-2-31(22-43-28(40)16-10-4-3-5-11-17-32-25-37,23-44-29(41)35-20-14-8-6-12-18-33-26-38)24-45-30(42)36-21-15-9-7-13-19-34-27-39/h2-24H2,1H3,(H,35,41)(H,36,42). The molecule has 0 spiro atoms. The highest BCUT2D eigenvalue weighted by Crippen LogP contribution is 2.25. The molecule has 2 N–H and O–H groups in total. The van der Waals surface area contributed by atoms with Crippen molar-refractivity contribution in [3.63, 3.8) is 0 Å². The molecule has 2 amide bonds. The number of alkyl carbamates (subject to hydrolysis) is 2. The summed E-state index contributed by atoms with van der Waals surface area (Å²) >= 11 is 0. The van der Waals surface area contributed by atoms with Gasteiger partial charge in [-0.15, -0.1) is 0 Å². The van der Waals surface area contributed by atoms with Crippen LogP contribution in [-0.4, -0.2) is 88.9 Å². The van der Waals surface area contributed by atoms with Crippen molar-refractivity contribution in [3.8, 4) is 0 Å². The van der Waals surface area contributed by atoms with E-state index in [4.69, 9.17) is 14.2 Å². The van der Waals surface area contributed by atoms with Crippen LogP contribution in [0.3, 0.4) is 0 Å². The fourth-order valence-corrected chi connectivity index (χ4v) is 4.12. The summed E-state index contributed by atoms with van der Waals surface area (Å²) in [5, 5.41) is 5.40. The van der Waals surface area contributed by atoms with Gasteiger partial charge in [0.25, 0.3) is 0 Å². The van der Waals surface area contributed by atoms with Gasteiger partial charge in [0, 0.05) is 19.5 Å². The number of nitrogens with zero attached hydrogens (tertiary/aromatic N) is 3. The summed E-state index contributed by atoms with van der Waals surface area (Å²) in [5.41, 5.74) is -0.929. The fourth-order valence-electron chi connectivity index (χ4n) is 4.12. The molecule has 0 atom stereocenters. The molecule has 0 aliphatic carbocycles. The minimum Gasteiger partial charge on any atom is -0.465 e. The number of carbonyl (C=O) groups excluding carboxylic acids is 6. The summed E-state index contributed by atoms with van der Waals surface area (Å²) in [7, 11) is 0. The minimum atomic E-state index is -0.929. The lowest BCUT2D eigenvalue weighted by Gasteiger charge is -2.31. The average Bonchev–Trinajstić information content (AvgIpc) is 3.04. The molecule has 0 radical (unpaired) electrons. The Morgan fingerprint density at radius 2 is 0.933 bits per heavy atom. The first-order valence-electron chi connectivity index (χ1n) is 16.0. The van der Waals surface area contributed by atoms with E-state index < -0.39 is 17.6 Å². The molecule has 0 heterocycles. The highest BCUT2D eigenvalue weighted by atomic mass is 16.6. The van der Waals surface area contributed by atoms with E-state index in [-0.39, 0.29) is 32.2 Å². The Hall–Kier alpha value is -3.85. The van der Waals surface area contributed by atoms with Crippen LogP contribution in [0.25, 0.3) is 0 Å². The summed E-state index contributed by atoms with van der Waals surface area (Å²) < 4.78 is 16.5. The number of ether oxygens (including phenoxy) is 3. The Bertz CT molecular complexity index is 842. The molecule has 0 aliphatic heterocycles. The quantitative estimate of drug-likeness (QED) is 0.0379. The maximum atomic E-state index is 12.5. The van der Waals surface area contributed by atoms with E-state index in [1.54, 1.807) is 0 Å². The molecule has 14 nitrogen and oxygen atoms in total. The molecule has 0 aromatic carbocycles. The van der Waals surface area contributed by atoms with Gasteiger partial charge in [0.1, 0.15) is 19.8 Å². The van der Waals surface area contributed by atoms with Gasteiger partial charge >= 0.3 is 18.2 Å². The van der Waals surface area contributed by atoms with Crippen LogP contribution >= 0.6 is 0 Å². The number of nitrogens with one attached hydrogen (secondary N) is 2. The van der Waals surface area contributed by atoms with Gasteiger partial charge in [-0.1, -0.05) is 51.9 Å². The summed E-state index contributed by atoms with van der Waals surface area (Å²) in [6.45, 7) is 3.70. The topological polar surface area (TPSA) is 191 Å². The van der Waals surface area contributed by atoms with Crippen molar-refractivity contribution in [1.82, 2.24) is 10.6 Å². The van der Waals surface area contributed by atoms with Crippen molar-refractivity contribution in [3.05, 3.63) is 0 Å².